The van der Waals surface area contributed by atoms with Crippen molar-refractivity contribution in [3.8, 4) is 6.01 Å². The summed E-state index contributed by atoms with van der Waals surface area (Å²) in [4.78, 5) is 7.95. The smallest absolute Gasteiger partial charge is 0.316 e. The Morgan fingerprint density at radius 2 is 2.12 bits per heavy atom. The Morgan fingerprint density at radius 3 is 2.76 bits per heavy atom. The van der Waals surface area contributed by atoms with Gasteiger partial charge in [-0.1, -0.05) is 18.0 Å². The number of hydrogen-bond acceptors (Lipinski definition) is 4. The molecule has 1 aromatic heterocycles. The lowest BCUT2D eigenvalue weighted by Gasteiger charge is -2.22. The largest absolute Gasteiger partial charge is 0.463 e. The molecule has 2 heterocycles. The number of nitrogens with zero attached hydrogens (tertiary/aromatic N) is 2. The summed E-state index contributed by atoms with van der Waals surface area (Å²) in [7, 11) is 0. The van der Waals surface area contributed by atoms with Crippen molar-refractivity contribution < 1.29 is 4.74 Å². The minimum absolute atomic E-state index is 0. The van der Waals surface area contributed by atoms with Crippen molar-refractivity contribution in [2.24, 2.45) is 0 Å². The number of halogens is 2. The molecule has 0 aliphatic carbocycles. The molecule has 1 saturated heterocycles. The van der Waals surface area contributed by atoms with Gasteiger partial charge in [0.15, 0.2) is 0 Å². The van der Waals surface area contributed by atoms with Crippen molar-refractivity contribution in [1.29, 1.82) is 0 Å². The minimum atomic E-state index is 0. The van der Waals surface area contributed by atoms with Gasteiger partial charge in [-0.3, -0.25) is 0 Å². The van der Waals surface area contributed by atoms with Crippen molar-refractivity contribution in [2.45, 2.75) is 31.7 Å². The maximum Gasteiger partial charge on any atom is 0.316 e. The highest BCUT2D eigenvalue weighted by Crippen LogP contribution is 2.11. The van der Waals surface area contributed by atoms with E-state index >= 15 is 0 Å². The first-order valence-corrected chi connectivity index (χ1v) is 6.06. The first-order chi connectivity index (χ1) is 7.84. The predicted molar refractivity (Wildman–Crippen MR) is 70.0 cm³/mol. The highest BCUT2D eigenvalue weighted by molar-refractivity contribution is 6.30. The molecule has 2 rings (SSSR count). The molecule has 4 nitrogen and oxygen atoms in total. The Kier molecular flexibility index (Phi) is 6.55. The van der Waals surface area contributed by atoms with Gasteiger partial charge >= 0.3 is 6.01 Å². The van der Waals surface area contributed by atoms with E-state index in [-0.39, 0.29) is 12.4 Å². The topological polar surface area (TPSA) is 47.0 Å². The third-order valence-corrected chi connectivity index (χ3v) is 2.90. The second-order valence-electron chi connectivity index (χ2n) is 3.97. The fraction of sp³-hybridized carbons (Fsp3) is 0.636. The molecular weight excluding hydrogens is 261 g/mol. The molecule has 0 radical (unpaired) electrons. The second kappa shape index (κ2) is 7.69. The molecule has 6 heteroatoms. The Hall–Kier alpha value is -0.580. The van der Waals surface area contributed by atoms with Crippen LogP contribution in [0.15, 0.2) is 12.4 Å². The summed E-state index contributed by atoms with van der Waals surface area (Å²) in [6.45, 7) is 1.78. The molecular formula is C11H17Cl2N3O. The molecule has 1 aliphatic heterocycles. The number of ether oxygens (including phenoxy) is 1. The lowest BCUT2D eigenvalue weighted by Crippen LogP contribution is -2.35. The molecule has 0 amide bonds. The van der Waals surface area contributed by atoms with E-state index in [9.17, 15) is 0 Å². The molecule has 1 unspecified atom stereocenters. The molecule has 0 aromatic carbocycles. The average Bonchev–Trinajstić information content (AvgIpc) is 2.33. The number of piperidine rings is 1. The first kappa shape index (κ1) is 14.5. The zero-order valence-corrected chi connectivity index (χ0v) is 11.1. The van der Waals surface area contributed by atoms with Crippen LogP contribution in [-0.2, 0) is 0 Å². The summed E-state index contributed by atoms with van der Waals surface area (Å²) in [5, 5.41) is 4.00. The number of aromatic nitrogens is 2. The zero-order valence-electron chi connectivity index (χ0n) is 9.56. The molecule has 0 spiro atoms. The lowest BCUT2D eigenvalue weighted by atomic mass is 10.0. The molecule has 96 valence electrons. The quantitative estimate of drug-likeness (QED) is 0.919. The van der Waals surface area contributed by atoms with Gasteiger partial charge in [-0.2, -0.15) is 0 Å². The summed E-state index contributed by atoms with van der Waals surface area (Å²) in [5.74, 6) is 0. The van der Waals surface area contributed by atoms with Crippen molar-refractivity contribution in [1.82, 2.24) is 15.3 Å². The van der Waals surface area contributed by atoms with Gasteiger partial charge in [0.25, 0.3) is 0 Å². The van der Waals surface area contributed by atoms with E-state index in [1.165, 1.54) is 19.3 Å². The summed E-state index contributed by atoms with van der Waals surface area (Å²) in [5.41, 5.74) is 0. The van der Waals surface area contributed by atoms with Crippen molar-refractivity contribution in [3.05, 3.63) is 17.4 Å². The summed E-state index contributed by atoms with van der Waals surface area (Å²) >= 11 is 5.68. The normalized spacial score (nSPS) is 19.5. The summed E-state index contributed by atoms with van der Waals surface area (Å²) in [6, 6.07) is 0.987. The fourth-order valence-electron chi connectivity index (χ4n) is 1.84. The molecule has 1 aromatic rings. The van der Waals surface area contributed by atoms with E-state index < -0.39 is 0 Å². The third-order valence-electron chi connectivity index (χ3n) is 2.71. The first-order valence-electron chi connectivity index (χ1n) is 5.68. The summed E-state index contributed by atoms with van der Waals surface area (Å²) in [6.07, 6.45) is 7.94. The van der Waals surface area contributed by atoms with Crippen molar-refractivity contribution in [3.63, 3.8) is 0 Å². The van der Waals surface area contributed by atoms with Gasteiger partial charge < -0.3 is 10.1 Å². The van der Waals surface area contributed by atoms with E-state index in [2.05, 4.69) is 15.3 Å². The van der Waals surface area contributed by atoms with Crippen LogP contribution in [0.25, 0.3) is 0 Å². The Labute approximate surface area is 113 Å². The van der Waals surface area contributed by atoms with Gasteiger partial charge in [0, 0.05) is 6.04 Å². The van der Waals surface area contributed by atoms with E-state index in [1.54, 1.807) is 12.4 Å². The van der Waals surface area contributed by atoms with Crippen molar-refractivity contribution in [2.75, 3.05) is 13.2 Å². The maximum atomic E-state index is 5.68. The third kappa shape index (κ3) is 5.06. The molecule has 17 heavy (non-hydrogen) atoms. The van der Waals surface area contributed by atoms with Crippen molar-refractivity contribution >= 4 is 24.0 Å². The molecule has 0 saturated carbocycles. The van der Waals surface area contributed by atoms with Gasteiger partial charge in [0.1, 0.15) is 0 Å². The standard InChI is InChI=1S/C11H16ClN3O.ClH/c12-9-7-14-11(15-8-9)16-6-4-10-3-1-2-5-13-10;/h7-8,10,13H,1-6H2;1H. The number of hydrogen-bond donors (Lipinski definition) is 1. The van der Waals surface area contributed by atoms with E-state index in [0.717, 1.165) is 13.0 Å². The SMILES string of the molecule is Cl.Clc1cnc(OCCC2CCCCN2)nc1. The Bertz CT molecular complexity index is 315. The van der Waals surface area contributed by atoms with Crippen LogP contribution in [0.4, 0.5) is 0 Å². The van der Waals surface area contributed by atoms with Gasteiger partial charge in [0.2, 0.25) is 0 Å². The fourth-order valence-corrected chi connectivity index (χ4v) is 1.94. The maximum absolute atomic E-state index is 5.68. The van der Waals surface area contributed by atoms with Crippen LogP contribution in [0.3, 0.4) is 0 Å². The van der Waals surface area contributed by atoms with Crippen LogP contribution in [0.2, 0.25) is 5.02 Å². The zero-order chi connectivity index (χ0) is 11.2. The molecule has 1 atom stereocenters. The van der Waals surface area contributed by atoms with Gasteiger partial charge in [-0.25, -0.2) is 9.97 Å². The highest BCUT2D eigenvalue weighted by atomic mass is 35.5. The van der Waals surface area contributed by atoms with Crippen LogP contribution < -0.4 is 10.1 Å². The van der Waals surface area contributed by atoms with E-state index in [1.807, 2.05) is 0 Å². The number of nitrogens with one attached hydrogen (secondary N) is 1. The number of rotatable bonds is 4. The van der Waals surface area contributed by atoms with Crippen LogP contribution in [0, 0.1) is 0 Å². The molecule has 1 N–H and O–H groups in total. The predicted octanol–water partition coefficient (Wildman–Crippen LogP) is 2.46. The van der Waals surface area contributed by atoms with Gasteiger partial charge in [-0.15, -0.1) is 12.4 Å². The van der Waals surface area contributed by atoms with Crippen LogP contribution >= 0.6 is 24.0 Å². The van der Waals surface area contributed by atoms with E-state index in [0.29, 0.717) is 23.7 Å². The summed E-state index contributed by atoms with van der Waals surface area (Å²) < 4.78 is 5.44. The average molecular weight is 278 g/mol. The molecule has 1 aliphatic rings. The molecule has 1 fully saturated rings. The van der Waals surface area contributed by atoms with Crippen LogP contribution in [0.1, 0.15) is 25.7 Å². The molecule has 0 bridgehead atoms. The van der Waals surface area contributed by atoms with Crippen LogP contribution in [-0.4, -0.2) is 29.2 Å². The Morgan fingerprint density at radius 1 is 1.35 bits per heavy atom. The van der Waals surface area contributed by atoms with Crippen LogP contribution in [0.5, 0.6) is 6.01 Å². The van der Waals surface area contributed by atoms with E-state index in [4.69, 9.17) is 16.3 Å². The second-order valence-corrected chi connectivity index (χ2v) is 4.40. The monoisotopic (exact) mass is 277 g/mol. The minimum Gasteiger partial charge on any atom is -0.463 e. The van der Waals surface area contributed by atoms with Gasteiger partial charge in [-0.05, 0) is 25.8 Å². The highest BCUT2D eigenvalue weighted by Gasteiger charge is 2.12. The van der Waals surface area contributed by atoms with Gasteiger partial charge in [0.05, 0.1) is 24.0 Å². The lowest BCUT2D eigenvalue weighted by molar-refractivity contribution is 0.252. The Balaban J connectivity index is 0.00000144.